The first-order valence-electron chi connectivity index (χ1n) is 2.70. The monoisotopic (exact) mass is 116 g/mol. The SMILES string of the molecule is Cl[C@@H]1C=CCCC1. The Morgan fingerprint density at radius 2 is 2.43 bits per heavy atom. The lowest BCUT2D eigenvalue weighted by Gasteiger charge is -2.06. The van der Waals surface area contributed by atoms with Gasteiger partial charge in [0.25, 0.3) is 0 Å². The summed E-state index contributed by atoms with van der Waals surface area (Å²) in [6.07, 6.45) is 7.89. The maximum atomic E-state index is 5.73. The van der Waals surface area contributed by atoms with E-state index >= 15 is 0 Å². The lowest BCUT2D eigenvalue weighted by molar-refractivity contribution is 0.736. The van der Waals surface area contributed by atoms with Crippen molar-refractivity contribution >= 4 is 11.6 Å². The summed E-state index contributed by atoms with van der Waals surface area (Å²) < 4.78 is 0. The molecule has 1 rings (SSSR count). The lowest BCUT2D eigenvalue weighted by Crippen LogP contribution is -1.96. The van der Waals surface area contributed by atoms with Crippen molar-refractivity contribution in [2.45, 2.75) is 24.6 Å². The van der Waals surface area contributed by atoms with Gasteiger partial charge in [0.05, 0.1) is 5.38 Å². The smallest absolute Gasteiger partial charge is 0.0516 e. The highest BCUT2D eigenvalue weighted by atomic mass is 35.5. The highest BCUT2D eigenvalue weighted by Gasteiger charge is 2.01. The van der Waals surface area contributed by atoms with Gasteiger partial charge in [0.15, 0.2) is 0 Å². The minimum Gasteiger partial charge on any atom is -0.118 e. The van der Waals surface area contributed by atoms with Gasteiger partial charge in [0, 0.05) is 0 Å². The fourth-order valence-corrected chi connectivity index (χ4v) is 1.03. The molecule has 1 heteroatoms. The fraction of sp³-hybridized carbons (Fsp3) is 0.667. The van der Waals surface area contributed by atoms with Crippen molar-refractivity contribution in [1.82, 2.24) is 0 Å². The van der Waals surface area contributed by atoms with Crippen LogP contribution < -0.4 is 0 Å². The van der Waals surface area contributed by atoms with Gasteiger partial charge in [-0.1, -0.05) is 12.2 Å². The van der Waals surface area contributed by atoms with Crippen molar-refractivity contribution in [3.8, 4) is 0 Å². The zero-order valence-corrected chi connectivity index (χ0v) is 4.99. The van der Waals surface area contributed by atoms with Gasteiger partial charge in [0.1, 0.15) is 0 Å². The van der Waals surface area contributed by atoms with Crippen molar-refractivity contribution in [1.29, 1.82) is 0 Å². The van der Waals surface area contributed by atoms with Gasteiger partial charge in [-0.3, -0.25) is 0 Å². The second-order valence-corrected chi connectivity index (χ2v) is 2.44. The molecule has 0 heterocycles. The molecule has 0 aromatic rings. The molecule has 0 bridgehead atoms. The summed E-state index contributed by atoms with van der Waals surface area (Å²) in [7, 11) is 0. The molecular formula is C6H9Cl. The summed E-state index contributed by atoms with van der Waals surface area (Å²) in [4.78, 5) is 0. The van der Waals surface area contributed by atoms with Crippen molar-refractivity contribution in [2.24, 2.45) is 0 Å². The van der Waals surface area contributed by atoms with E-state index in [-0.39, 0.29) is 0 Å². The van der Waals surface area contributed by atoms with Gasteiger partial charge >= 0.3 is 0 Å². The van der Waals surface area contributed by atoms with Crippen LogP contribution in [0, 0.1) is 0 Å². The van der Waals surface area contributed by atoms with Gasteiger partial charge in [-0.25, -0.2) is 0 Å². The molecule has 1 atom stereocenters. The van der Waals surface area contributed by atoms with E-state index in [0.717, 1.165) is 6.42 Å². The number of halogens is 1. The molecule has 0 radical (unpaired) electrons. The average molecular weight is 117 g/mol. The van der Waals surface area contributed by atoms with Crippen molar-refractivity contribution in [3.05, 3.63) is 12.2 Å². The standard InChI is InChI=1S/C6H9Cl/c7-6-4-2-1-3-5-6/h2,4,6H,1,3,5H2/t6-/m1/s1. The van der Waals surface area contributed by atoms with Gasteiger partial charge < -0.3 is 0 Å². The summed E-state index contributed by atoms with van der Waals surface area (Å²) in [6.45, 7) is 0. The maximum absolute atomic E-state index is 5.73. The van der Waals surface area contributed by atoms with Crippen LogP contribution in [-0.4, -0.2) is 5.38 Å². The molecule has 1 aliphatic rings. The second-order valence-electron chi connectivity index (χ2n) is 1.88. The molecule has 0 aromatic carbocycles. The van der Waals surface area contributed by atoms with E-state index < -0.39 is 0 Å². The Hall–Kier alpha value is 0.0300. The number of alkyl halides is 1. The minimum atomic E-state index is 0.328. The zero-order chi connectivity index (χ0) is 5.11. The molecule has 0 amide bonds. The maximum Gasteiger partial charge on any atom is 0.0516 e. The Balaban J connectivity index is 2.36. The normalized spacial score (nSPS) is 30.7. The summed E-state index contributed by atoms with van der Waals surface area (Å²) in [5.41, 5.74) is 0. The van der Waals surface area contributed by atoms with Gasteiger partial charge in [0.2, 0.25) is 0 Å². The Bertz CT molecular complexity index is 76.2. The van der Waals surface area contributed by atoms with E-state index in [1.54, 1.807) is 0 Å². The minimum absolute atomic E-state index is 0.328. The summed E-state index contributed by atoms with van der Waals surface area (Å²) >= 11 is 5.73. The molecule has 0 aliphatic heterocycles. The van der Waals surface area contributed by atoms with E-state index in [1.807, 2.05) is 0 Å². The van der Waals surface area contributed by atoms with Crippen LogP contribution in [0.25, 0.3) is 0 Å². The zero-order valence-electron chi connectivity index (χ0n) is 4.23. The van der Waals surface area contributed by atoms with Crippen molar-refractivity contribution < 1.29 is 0 Å². The Morgan fingerprint density at radius 3 is 2.71 bits per heavy atom. The van der Waals surface area contributed by atoms with Crippen LogP contribution in [0.15, 0.2) is 12.2 Å². The highest BCUT2D eigenvalue weighted by molar-refractivity contribution is 6.21. The first-order valence-corrected chi connectivity index (χ1v) is 3.14. The predicted octanol–water partition coefficient (Wildman–Crippen LogP) is 2.33. The molecule has 1 aliphatic carbocycles. The van der Waals surface area contributed by atoms with Crippen LogP contribution in [0.1, 0.15) is 19.3 Å². The van der Waals surface area contributed by atoms with Gasteiger partial charge in [-0.05, 0) is 19.3 Å². The predicted molar refractivity (Wildman–Crippen MR) is 32.6 cm³/mol. The molecule has 0 aromatic heterocycles. The molecule has 0 saturated heterocycles. The molecule has 0 spiro atoms. The number of allylic oxidation sites excluding steroid dienone is 2. The number of hydrogen-bond donors (Lipinski definition) is 0. The van der Waals surface area contributed by atoms with Crippen LogP contribution >= 0.6 is 11.6 Å². The lowest BCUT2D eigenvalue weighted by atomic mass is 10.1. The molecule has 7 heavy (non-hydrogen) atoms. The Kier molecular flexibility index (Phi) is 1.75. The molecule has 0 fully saturated rings. The Morgan fingerprint density at radius 1 is 1.57 bits per heavy atom. The quantitative estimate of drug-likeness (QED) is 0.337. The summed E-state index contributed by atoms with van der Waals surface area (Å²) in [6, 6.07) is 0. The summed E-state index contributed by atoms with van der Waals surface area (Å²) in [5, 5.41) is 0.328. The Labute approximate surface area is 49.2 Å². The number of hydrogen-bond acceptors (Lipinski definition) is 0. The van der Waals surface area contributed by atoms with Crippen LogP contribution in [0.4, 0.5) is 0 Å². The third-order valence-electron chi connectivity index (χ3n) is 1.20. The van der Waals surface area contributed by atoms with Crippen LogP contribution in [0.3, 0.4) is 0 Å². The van der Waals surface area contributed by atoms with Gasteiger partial charge in [-0.15, -0.1) is 11.6 Å². The molecular weight excluding hydrogens is 108 g/mol. The van der Waals surface area contributed by atoms with Crippen LogP contribution in [0.5, 0.6) is 0 Å². The van der Waals surface area contributed by atoms with E-state index in [4.69, 9.17) is 11.6 Å². The largest absolute Gasteiger partial charge is 0.118 e. The molecule has 40 valence electrons. The number of rotatable bonds is 0. The van der Waals surface area contributed by atoms with Crippen LogP contribution in [0.2, 0.25) is 0 Å². The van der Waals surface area contributed by atoms with E-state index in [1.165, 1.54) is 12.8 Å². The van der Waals surface area contributed by atoms with Crippen molar-refractivity contribution in [3.63, 3.8) is 0 Å². The third-order valence-corrected chi connectivity index (χ3v) is 1.56. The summed E-state index contributed by atoms with van der Waals surface area (Å²) in [5.74, 6) is 0. The topological polar surface area (TPSA) is 0 Å². The molecule has 0 nitrogen and oxygen atoms in total. The van der Waals surface area contributed by atoms with E-state index in [9.17, 15) is 0 Å². The third kappa shape index (κ3) is 1.52. The van der Waals surface area contributed by atoms with Gasteiger partial charge in [-0.2, -0.15) is 0 Å². The molecule has 0 N–H and O–H groups in total. The molecule has 0 saturated carbocycles. The molecule has 0 unspecified atom stereocenters. The van der Waals surface area contributed by atoms with E-state index in [0.29, 0.717) is 5.38 Å². The van der Waals surface area contributed by atoms with E-state index in [2.05, 4.69) is 12.2 Å². The van der Waals surface area contributed by atoms with Crippen molar-refractivity contribution in [2.75, 3.05) is 0 Å². The second kappa shape index (κ2) is 2.37. The first kappa shape index (κ1) is 5.17. The highest BCUT2D eigenvalue weighted by Crippen LogP contribution is 2.14. The first-order chi connectivity index (χ1) is 3.39. The fourth-order valence-electron chi connectivity index (χ4n) is 0.771. The average Bonchev–Trinajstić information content (AvgIpc) is 1.69. The van der Waals surface area contributed by atoms with Crippen LogP contribution in [-0.2, 0) is 0 Å².